The van der Waals surface area contributed by atoms with Crippen LogP contribution < -0.4 is 0 Å². The van der Waals surface area contributed by atoms with E-state index in [0.29, 0.717) is 10.8 Å². The van der Waals surface area contributed by atoms with Crippen LogP contribution in [0.4, 0.5) is 0 Å². The molecule has 4 rings (SSSR count). The summed E-state index contributed by atoms with van der Waals surface area (Å²) in [5, 5.41) is 0. The molecule has 0 aliphatic heterocycles. The highest BCUT2D eigenvalue weighted by atomic mass is 14.5. The fraction of sp³-hybridized carbons (Fsp3) is 0.667. The average Bonchev–Trinajstić information content (AvgIpc) is 2.42. The van der Waals surface area contributed by atoms with Crippen LogP contribution in [0.1, 0.15) is 63.5 Å². The van der Waals surface area contributed by atoms with Crippen molar-refractivity contribution >= 4 is 0 Å². The first kappa shape index (κ1) is 12.3. The van der Waals surface area contributed by atoms with Gasteiger partial charge in [0.1, 0.15) is 0 Å². The van der Waals surface area contributed by atoms with Gasteiger partial charge >= 0.3 is 0 Å². The minimum atomic E-state index is 0.658. The second-order valence-electron chi connectivity index (χ2n) is 7.16. The average molecular weight is 242 g/mol. The number of rotatable bonds is 3. The number of hydrogen-bond acceptors (Lipinski definition) is 0. The van der Waals surface area contributed by atoms with Gasteiger partial charge in [0, 0.05) is 0 Å². The van der Waals surface area contributed by atoms with Gasteiger partial charge in [0.15, 0.2) is 0 Å². The Labute approximate surface area is 112 Å². The Morgan fingerprint density at radius 1 is 0.833 bits per heavy atom. The van der Waals surface area contributed by atoms with Gasteiger partial charge in [-0.05, 0) is 73.3 Å². The monoisotopic (exact) mass is 242 g/mol. The smallest absolute Gasteiger partial charge is 0.0222 e. The minimum absolute atomic E-state index is 0.658. The molecule has 0 N–H and O–H groups in total. The van der Waals surface area contributed by atoms with E-state index in [1.54, 1.807) is 5.56 Å². The maximum Gasteiger partial charge on any atom is -0.0222 e. The normalized spacial score (nSPS) is 34.8. The Balaban J connectivity index is 1.72. The molecule has 1 aromatic rings. The molecule has 18 heavy (non-hydrogen) atoms. The maximum absolute atomic E-state index is 2.51. The van der Waals surface area contributed by atoms with E-state index in [1.807, 2.05) is 0 Å². The molecule has 3 aliphatic carbocycles. The SMILES string of the molecule is CCc1ccc(CC23CCC(C)(CC2)CC3)cc1. The summed E-state index contributed by atoms with van der Waals surface area (Å²) in [5.74, 6) is 0. The summed E-state index contributed by atoms with van der Waals surface area (Å²) in [5.41, 5.74) is 4.40. The molecule has 0 spiro atoms. The molecule has 0 atom stereocenters. The third-order valence-corrected chi connectivity index (χ3v) is 5.79. The zero-order valence-electron chi connectivity index (χ0n) is 12.0. The standard InChI is InChI=1S/C18H26/c1-3-15-4-6-16(7-5-15)14-18-11-8-17(2,9-12-18)10-13-18/h4-7H,3,8-14H2,1-2H3. The number of hydrogen-bond donors (Lipinski definition) is 0. The van der Waals surface area contributed by atoms with Crippen molar-refractivity contribution in [1.29, 1.82) is 0 Å². The molecular weight excluding hydrogens is 216 g/mol. The molecule has 2 bridgehead atoms. The Morgan fingerprint density at radius 2 is 1.33 bits per heavy atom. The molecule has 0 radical (unpaired) electrons. The second-order valence-corrected chi connectivity index (χ2v) is 7.16. The third kappa shape index (κ3) is 2.22. The van der Waals surface area contributed by atoms with Gasteiger partial charge in [-0.2, -0.15) is 0 Å². The highest BCUT2D eigenvalue weighted by molar-refractivity contribution is 5.24. The molecule has 0 nitrogen and oxygen atoms in total. The summed E-state index contributed by atoms with van der Waals surface area (Å²) in [6, 6.07) is 9.38. The molecule has 0 unspecified atom stereocenters. The number of aryl methyl sites for hydroxylation is 1. The first-order chi connectivity index (χ1) is 8.63. The summed E-state index contributed by atoms with van der Waals surface area (Å²) in [4.78, 5) is 0. The highest BCUT2D eigenvalue weighted by Gasteiger charge is 2.45. The zero-order valence-corrected chi connectivity index (χ0v) is 12.0. The van der Waals surface area contributed by atoms with Gasteiger partial charge in [-0.15, -0.1) is 0 Å². The lowest BCUT2D eigenvalue weighted by atomic mass is 9.53. The van der Waals surface area contributed by atoms with Gasteiger partial charge in [0.25, 0.3) is 0 Å². The molecule has 0 amide bonds. The van der Waals surface area contributed by atoms with Gasteiger partial charge in [-0.1, -0.05) is 38.1 Å². The van der Waals surface area contributed by atoms with E-state index in [2.05, 4.69) is 38.1 Å². The van der Waals surface area contributed by atoms with Crippen molar-refractivity contribution in [3.8, 4) is 0 Å². The quantitative estimate of drug-likeness (QED) is 0.687. The highest BCUT2D eigenvalue weighted by Crippen LogP contribution is 2.57. The molecule has 3 aliphatic rings. The molecular formula is C18H26. The molecule has 3 saturated carbocycles. The molecule has 0 heterocycles. The number of benzene rings is 1. The van der Waals surface area contributed by atoms with Gasteiger partial charge in [-0.3, -0.25) is 0 Å². The summed E-state index contributed by atoms with van der Waals surface area (Å²) in [7, 11) is 0. The largest absolute Gasteiger partial charge is 0.0613 e. The van der Waals surface area contributed by atoms with Crippen LogP contribution in [0.2, 0.25) is 0 Å². The van der Waals surface area contributed by atoms with Gasteiger partial charge in [-0.25, -0.2) is 0 Å². The maximum atomic E-state index is 2.51. The summed E-state index contributed by atoms with van der Waals surface area (Å²) >= 11 is 0. The Kier molecular flexibility index (Phi) is 3.00. The van der Waals surface area contributed by atoms with E-state index in [0.717, 1.165) is 6.42 Å². The van der Waals surface area contributed by atoms with E-state index < -0.39 is 0 Å². The molecule has 0 heteroatoms. The van der Waals surface area contributed by atoms with E-state index in [-0.39, 0.29) is 0 Å². The van der Waals surface area contributed by atoms with Crippen molar-refractivity contribution in [3.05, 3.63) is 35.4 Å². The molecule has 1 aromatic carbocycles. The topological polar surface area (TPSA) is 0 Å². The van der Waals surface area contributed by atoms with Crippen molar-refractivity contribution in [1.82, 2.24) is 0 Å². The third-order valence-electron chi connectivity index (χ3n) is 5.79. The first-order valence-corrected chi connectivity index (χ1v) is 7.71. The van der Waals surface area contributed by atoms with Gasteiger partial charge in [0.2, 0.25) is 0 Å². The van der Waals surface area contributed by atoms with Crippen LogP contribution in [0, 0.1) is 10.8 Å². The molecule has 0 saturated heterocycles. The minimum Gasteiger partial charge on any atom is -0.0613 e. The van der Waals surface area contributed by atoms with Gasteiger partial charge < -0.3 is 0 Å². The Hall–Kier alpha value is -0.780. The molecule has 0 aromatic heterocycles. The Bertz CT molecular complexity index is 388. The van der Waals surface area contributed by atoms with Gasteiger partial charge in [0.05, 0.1) is 0 Å². The van der Waals surface area contributed by atoms with Crippen LogP contribution in [-0.4, -0.2) is 0 Å². The van der Waals surface area contributed by atoms with Crippen molar-refractivity contribution in [2.75, 3.05) is 0 Å². The van der Waals surface area contributed by atoms with E-state index in [4.69, 9.17) is 0 Å². The second kappa shape index (κ2) is 4.40. The van der Waals surface area contributed by atoms with Crippen molar-refractivity contribution in [2.45, 2.75) is 65.2 Å². The zero-order chi connectivity index (χ0) is 12.6. The Morgan fingerprint density at radius 3 is 1.83 bits per heavy atom. The van der Waals surface area contributed by atoms with Crippen LogP contribution in [0.25, 0.3) is 0 Å². The fourth-order valence-corrected chi connectivity index (χ4v) is 4.04. The van der Waals surface area contributed by atoms with Crippen LogP contribution >= 0.6 is 0 Å². The lowest BCUT2D eigenvalue weighted by Crippen LogP contribution is -2.41. The first-order valence-electron chi connectivity index (χ1n) is 7.71. The van der Waals surface area contributed by atoms with Crippen LogP contribution in [0.15, 0.2) is 24.3 Å². The predicted octanol–water partition coefficient (Wildman–Crippen LogP) is 5.15. The molecule has 3 fully saturated rings. The lowest BCUT2D eigenvalue weighted by Gasteiger charge is -2.52. The van der Waals surface area contributed by atoms with Crippen LogP contribution in [0.3, 0.4) is 0 Å². The van der Waals surface area contributed by atoms with Crippen molar-refractivity contribution in [2.24, 2.45) is 10.8 Å². The van der Waals surface area contributed by atoms with Crippen molar-refractivity contribution < 1.29 is 0 Å². The number of fused-ring (bicyclic) bond motifs is 3. The van der Waals surface area contributed by atoms with E-state index in [1.165, 1.54) is 50.5 Å². The summed E-state index contributed by atoms with van der Waals surface area (Å²) in [6.45, 7) is 4.74. The van der Waals surface area contributed by atoms with Crippen molar-refractivity contribution in [3.63, 3.8) is 0 Å². The van der Waals surface area contributed by atoms with E-state index >= 15 is 0 Å². The van der Waals surface area contributed by atoms with Crippen LogP contribution in [-0.2, 0) is 12.8 Å². The summed E-state index contributed by atoms with van der Waals surface area (Å²) in [6.07, 6.45) is 11.3. The lowest BCUT2D eigenvalue weighted by molar-refractivity contribution is 0.00356. The van der Waals surface area contributed by atoms with E-state index in [9.17, 15) is 0 Å². The predicted molar refractivity (Wildman–Crippen MR) is 77.8 cm³/mol. The summed E-state index contributed by atoms with van der Waals surface area (Å²) < 4.78 is 0. The molecule has 98 valence electrons. The fourth-order valence-electron chi connectivity index (χ4n) is 4.04. The van der Waals surface area contributed by atoms with Crippen LogP contribution in [0.5, 0.6) is 0 Å².